The summed E-state index contributed by atoms with van der Waals surface area (Å²) in [6, 6.07) is 33.3. The number of nitrogens with one attached hydrogen (secondary N) is 1. The third kappa shape index (κ3) is 3.92. The van der Waals surface area contributed by atoms with E-state index in [-0.39, 0.29) is 11.6 Å². The van der Waals surface area contributed by atoms with Crippen LogP contribution in [0.25, 0.3) is 27.7 Å². The third-order valence-corrected chi connectivity index (χ3v) is 6.52. The van der Waals surface area contributed by atoms with Crippen LogP contribution in [0.1, 0.15) is 23.9 Å². The molecule has 2 heterocycles. The summed E-state index contributed by atoms with van der Waals surface area (Å²) in [5.41, 5.74) is 8.85. The van der Waals surface area contributed by atoms with Gasteiger partial charge in [0.25, 0.3) is 5.56 Å². The van der Waals surface area contributed by atoms with E-state index < -0.39 is 0 Å². The summed E-state index contributed by atoms with van der Waals surface area (Å²) in [4.78, 5) is 18.5. The van der Waals surface area contributed by atoms with E-state index >= 15 is 0 Å². The first-order valence-corrected chi connectivity index (χ1v) is 11.9. The van der Waals surface area contributed by atoms with Gasteiger partial charge in [-0.25, -0.2) is 4.98 Å². The lowest BCUT2D eigenvalue weighted by molar-refractivity contribution is 0.414. The molecule has 6 heteroatoms. The van der Waals surface area contributed by atoms with Gasteiger partial charge in [-0.15, -0.1) is 0 Å². The molecule has 176 valence electrons. The number of para-hydroxylation sites is 1. The maximum Gasteiger partial charge on any atom is 0.266 e. The van der Waals surface area contributed by atoms with Gasteiger partial charge in [-0.05, 0) is 53.1 Å². The zero-order valence-corrected chi connectivity index (χ0v) is 19.8. The smallest absolute Gasteiger partial charge is 0.266 e. The fourth-order valence-electron chi connectivity index (χ4n) is 4.62. The van der Waals surface area contributed by atoms with E-state index in [2.05, 4.69) is 46.9 Å². The van der Waals surface area contributed by atoms with Crippen molar-refractivity contribution in [2.45, 2.75) is 12.5 Å². The van der Waals surface area contributed by atoms with Gasteiger partial charge in [0.15, 0.2) is 0 Å². The van der Waals surface area contributed by atoms with Gasteiger partial charge in [0.05, 0.1) is 29.4 Å². The number of ether oxygens (including phenoxy) is 1. The van der Waals surface area contributed by atoms with E-state index in [0.29, 0.717) is 23.1 Å². The maximum atomic E-state index is 13.6. The minimum absolute atomic E-state index is 0.108. The summed E-state index contributed by atoms with van der Waals surface area (Å²) >= 11 is 0. The van der Waals surface area contributed by atoms with Gasteiger partial charge in [0.2, 0.25) is 0 Å². The quantitative estimate of drug-likeness (QED) is 0.367. The van der Waals surface area contributed by atoms with Crippen LogP contribution in [-0.4, -0.2) is 22.4 Å². The normalized spacial score (nSPS) is 14.9. The fourth-order valence-corrected chi connectivity index (χ4v) is 4.62. The largest absolute Gasteiger partial charge is 0.497 e. The number of fused-ring (bicyclic) bond motifs is 1. The van der Waals surface area contributed by atoms with E-state index in [1.165, 1.54) is 5.56 Å². The second-order valence-corrected chi connectivity index (χ2v) is 8.71. The van der Waals surface area contributed by atoms with Gasteiger partial charge in [-0.1, -0.05) is 66.7 Å². The molecule has 0 saturated heterocycles. The van der Waals surface area contributed by atoms with E-state index in [1.807, 2.05) is 66.7 Å². The van der Waals surface area contributed by atoms with Crippen molar-refractivity contribution in [3.05, 3.63) is 125 Å². The van der Waals surface area contributed by atoms with Gasteiger partial charge in [-0.3, -0.25) is 14.8 Å². The summed E-state index contributed by atoms with van der Waals surface area (Å²) < 4.78 is 6.98. The van der Waals surface area contributed by atoms with E-state index in [0.717, 1.165) is 28.3 Å². The highest BCUT2D eigenvalue weighted by Gasteiger charge is 2.27. The van der Waals surface area contributed by atoms with Gasteiger partial charge in [0, 0.05) is 6.42 Å². The van der Waals surface area contributed by atoms with Crippen LogP contribution in [0.4, 0.5) is 0 Å². The molecule has 0 radical (unpaired) electrons. The average Bonchev–Trinajstić information content (AvgIpc) is 3.44. The standard InChI is InChI=1S/C30H24N4O2/c1-36-24-17-15-23(16-18-24)34-29(31-26-10-6-5-9-25(26)30(34)35)28-19-27(32-33-28)22-13-11-21(12-14-22)20-7-3-2-4-8-20/h2-18,28,33H,19H2,1H3. The minimum atomic E-state index is -0.242. The molecular formula is C30H24N4O2. The van der Waals surface area contributed by atoms with Crippen molar-refractivity contribution in [1.29, 1.82) is 0 Å². The predicted molar refractivity (Wildman–Crippen MR) is 143 cm³/mol. The van der Waals surface area contributed by atoms with Crippen molar-refractivity contribution in [1.82, 2.24) is 15.0 Å². The predicted octanol–water partition coefficient (Wildman–Crippen LogP) is 5.50. The van der Waals surface area contributed by atoms with Crippen molar-refractivity contribution in [3.63, 3.8) is 0 Å². The van der Waals surface area contributed by atoms with E-state index in [1.54, 1.807) is 11.7 Å². The lowest BCUT2D eigenvalue weighted by Crippen LogP contribution is -2.28. The van der Waals surface area contributed by atoms with Crippen LogP contribution >= 0.6 is 0 Å². The lowest BCUT2D eigenvalue weighted by atomic mass is 9.99. The first kappa shape index (κ1) is 21.8. The van der Waals surface area contributed by atoms with Crippen LogP contribution in [0.5, 0.6) is 5.75 Å². The zero-order valence-electron chi connectivity index (χ0n) is 19.8. The molecule has 4 aromatic carbocycles. The fraction of sp³-hybridized carbons (Fsp3) is 0.100. The highest BCUT2D eigenvalue weighted by molar-refractivity contribution is 6.02. The Bertz CT molecular complexity index is 1620. The molecule has 1 aliphatic heterocycles. The van der Waals surface area contributed by atoms with E-state index in [9.17, 15) is 4.79 Å². The summed E-state index contributed by atoms with van der Waals surface area (Å²) in [7, 11) is 1.62. The molecule has 5 aromatic rings. The van der Waals surface area contributed by atoms with Crippen LogP contribution in [0.15, 0.2) is 113 Å². The first-order valence-electron chi connectivity index (χ1n) is 11.9. The third-order valence-electron chi connectivity index (χ3n) is 6.52. The number of hydrazone groups is 1. The molecule has 1 aromatic heterocycles. The van der Waals surface area contributed by atoms with Crippen LogP contribution in [0, 0.1) is 0 Å². The maximum absolute atomic E-state index is 13.6. The van der Waals surface area contributed by atoms with Gasteiger partial charge in [-0.2, -0.15) is 5.10 Å². The Labute approximate surface area is 208 Å². The molecule has 0 bridgehead atoms. The van der Waals surface area contributed by atoms with Gasteiger partial charge in [0.1, 0.15) is 17.6 Å². The molecule has 1 unspecified atom stereocenters. The molecule has 1 atom stereocenters. The number of aromatic nitrogens is 2. The number of benzene rings is 4. The summed E-state index contributed by atoms with van der Waals surface area (Å²) in [5.74, 6) is 1.36. The highest BCUT2D eigenvalue weighted by atomic mass is 16.5. The van der Waals surface area contributed by atoms with Gasteiger partial charge < -0.3 is 4.74 Å². The molecule has 1 aliphatic rings. The molecule has 0 aliphatic carbocycles. The minimum Gasteiger partial charge on any atom is -0.497 e. The number of methoxy groups -OCH3 is 1. The lowest BCUT2D eigenvalue weighted by Gasteiger charge is -2.18. The topological polar surface area (TPSA) is 68.5 Å². The molecule has 0 saturated carbocycles. The van der Waals surface area contributed by atoms with Crippen molar-refractivity contribution in [2.24, 2.45) is 5.10 Å². The Morgan fingerprint density at radius 2 is 1.47 bits per heavy atom. The number of nitrogens with zero attached hydrogens (tertiary/aromatic N) is 3. The summed E-state index contributed by atoms with van der Waals surface area (Å²) in [6.45, 7) is 0. The number of rotatable bonds is 5. The van der Waals surface area contributed by atoms with Crippen LogP contribution in [0.2, 0.25) is 0 Å². The monoisotopic (exact) mass is 472 g/mol. The molecule has 6 rings (SSSR count). The van der Waals surface area contributed by atoms with Crippen molar-refractivity contribution in [2.75, 3.05) is 7.11 Å². The Hall–Kier alpha value is -4.71. The number of hydrogen-bond donors (Lipinski definition) is 1. The molecule has 0 spiro atoms. The second-order valence-electron chi connectivity index (χ2n) is 8.71. The Morgan fingerprint density at radius 3 is 2.22 bits per heavy atom. The average molecular weight is 473 g/mol. The van der Waals surface area contributed by atoms with Crippen molar-refractivity contribution in [3.8, 4) is 22.6 Å². The number of hydrogen-bond acceptors (Lipinski definition) is 5. The van der Waals surface area contributed by atoms with Crippen LogP contribution < -0.4 is 15.7 Å². The van der Waals surface area contributed by atoms with Crippen molar-refractivity contribution >= 4 is 16.6 Å². The zero-order chi connectivity index (χ0) is 24.5. The summed E-state index contributed by atoms with van der Waals surface area (Å²) in [5, 5.41) is 5.21. The molecule has 6 nitrogen and oxygen atoms in total. The van der Waals surface area contributed by atoms with Crippen LogP contribution in [-0.2, 0) is 0 Å². The highest BCUT2D eigenvalue weighted by Crippen LogP contribution is 2.27. The molecule has 0 fully saturated rings. The Balaban J connectivity index is 1.35. The molecule has 0 amide bonds. The van der Waals surface area contributed by atoms with Crippen LogP contribution in [0.3, 0.4) is 0 Å². The molecule has 36 heavy (non-hydrogen) atoms. The SMILES string of the molecule is COc1ccc(-n2c(C3CC(c4ccc(-c5ccccc5)cc4)=NN3)nc3ccccc3c2=O)cc1. The molecular weight excluding hydrogens is 448 g/mol. The van der Waals surface area contributed by atoms with E-state index in [4.69, 9.17) is 9.72 Å². The Morgan fingerprint density at radius 1 is 0.806 bits per heavy atom. The summed E-state index contributed by atoms with van der Waals surface area (Å²) in [6.07, 6.45) is 0.617. The first-order chi connectivity index (χ1) is 17.7. The Kier molecular flexibility index (Phi) is 5.54. The van der Waals surface area contributed by atoms with Gasteiger partial charge >= 0.3 is 0 Å². The molecule has 1 N–H and O–H groups in total. The van der Waals surface area contributed by atoms with Crippen molar-refractivity contribution < 1.29 is 4.74 Å². The second kappa shape index (κ2) is 9.15.